The molecule has 0 unspecified atom stereocenters. The van der Waals surface area contributed by atoms with Crippen LogP contribution in [-0.2, 0) is 14.8 Å². The van der Waals surface area contributed by atoms with Crippen molar-refractivity contribution >= 4 is 22.1 Å². The Balaban J connectivity index is 0.00000512. The van der Waals surface area contributed by atoms with Crippen molar-refractivity contribution < 1.29 is 62.5 Å². The van der Waals surface area contributed by atoms with Gasteiger partial charge in [-0.05, 0) is 30.5 Å². The summed E-state index contributed by atoms with van der Waals surface area (Å²) >= 11 is 0. The van der Waals surface area contributed by atoms with E-state index in [4.69, 9.17) is 0 Å². The molecule has 170 valence electrons. The van der Waals surface area contributed by atoms with Gasteiger partial charge in [0.25, 0.3) is 0 Å². The van der Waals surface area contributed by atoms with Crippen LogP contribution in [-0.4, -0.2) is 47.0 Å². The third-order valence-electron chi connectivity index (χ3n) is 4.84. The van der Waals surface area contributed by atoms with Crippen LogP contribution >= 0.6 is 0 Å². The molecule has 0 spiro atoms. The average Bonchev–Trinajstić information content (AvgIpc) is 2.92. The van der Waals surface area contributed by atoms with Crippen LogP contribution < -0.4 is 34.7 Å². The molecule has 0 aliphatic rings. The van der Waals surface area contributed by atoms with E-state index in [1.54, 1.807) is 25.1 Å². The predicted molar refractivity (Wildman–Crippen MR) is 114 cm³/mol. The van der Waals surface area contributed by atoms with E-state index in [2.05, 4.69) is 0 Å². The smallest absolute Gasteiger partial charge is 0.550 e. The van der Waals surface area contributed by atoms with Crippen LogP contribution in [0.25, 0.3) is 17.2 Å². The molecule has 0 bridgehead atoms. The van der Waals surface area contributed by atoms with Crippen LogP contribution in [0.3, 0.4) is 0 Å². The minimum Gasteiger partial charge on any atom is -0.550 e. The fourth-order valence-electron chi connectivity index (χ4n) is 3.68. The number of aromatic nitrogens is 1. The van der Waals surface area contributed by atoms with Crippen LogP contribution in [0.4, 0.5) is 4.39 Å². The molecule has 32 heavy (non-hydrogen) atoms. The van der Waals surface area contributed by atoms with E-state index in [1.165, 1.54) is 22.2 Å². The van der Waals surface area contributed by atoms with E-state index in [0.717, 1.165) is 6.26 Å². The zero-order valence-electron chi connectivity index (χ0n) is 18.9. The Morgan fingerprint density at radius 3 is 2.25 bits per heavy atom. The number of carbonyl (C=O) groups excluding carboxylic acids is 1. The van der Waals surface area contributed by atoms with Gasteiger partial charge in [0.1, 0.15) is 5.82 Å². The Bertz CT molecular complexity index is 1080. The predicted octanol–water partition coefficient (Wildman–Crippen LogP) is -1.20. The number of rotatable bonds is 9. The van der Waals surface area contributed by atoms with Gasteiger partial charge in [-0.2, -0.15) is 0 Å². The van der Waals surface area contributed by atoms with Gasteiger partial charge in [0.05, 0.1) is 18.5 Å². The largest absolute Gasteiger partial charge is 1.00 e. The first-order valence-electron chi connectivity index (χ1n) is 9.78. The Labute approximate surface area is 209 Å². The van der Waals surface area contributed by atoms with E-state index in [9.17, 15) is 32.9 Å². The summed E-state index contributed by atoms with van der Waals surface area (Å²) in [4.78, 5) is 10.6. The standard InChI is InChI=1S/C22H28FNO6S.Na/c1-13(2)22-19(10-9-17(25)11-18(26)12-20(27)28)21(14(3)24(22)31(4,29)30)15-5-7-16(23)8-6-15;/h5-10,13,17-18,25-26H,11-12H2,1-4H3,(H,27,28);/q;+1/p-1/b10-9+;/t17-,18+;/m0./s1. The SMILES string of the molecule is Cc1c(-c2ccc(F)cc2)c(/C=C/[C@H](O)C[C@@H](O)CC(=O)[O-])c(C(C)C)n1S(C)(=O)=O.[Na+]. The molecule has 1 aromatic heterocycles. The summed E-state index contributed by atoms with van der Waals surface area (Å²) in [5, 5.41) is 30.5. The number of hydrogen-bond acceptors (Lipinski definition) is 6. The van der Waals surface area contributed by atoms with Gasteiger partial charge in [0, 0.05) is 41.3 Å². The molecule has 2 atom stereocenters. The maximum atomic E-state index is 13.5. The van der Waals surface area contributed by atoms with Gasteiger partial charge in [-0.25, -0.2) is 16.8 Å². The molecule has 0 amide bonds. The molecule has 0 aliphatic carbocycles. The summed E-state index contributed by atoms with van der Waals surface area (Å²) in [5.74, 6) is -2.06. The molecular weight excluding hydrogens is 448 g/mol. The van der Waals surface area contributed by atoms with Gasteiger partial charge in [-0.1, -0.05) is 38.1 Å². The second-order valence-corrected chi connectivity index (χ2v) is 9.67. The number of halogens is 1. The summed E-state index contributed by atoms with van der Waals surface area (Å²) < 4.78 is 39.8. The fraction of sp³-hybridized carbons (Fsp3) is 0.409. The Hall–Kier alpha value is -1.49. The van der Waals surface area contributed by atoms with E-state index in [-0.39, 0.29) is 41.9 Å². The van der Waals surface area contributed by atoms with Gasteiger partial charge in [-0.15, -0.1) is 0 Å². The number of aliphatic hydroxyl groups excluding tert-OH is 2. The van der Waals surface area contributed by atoms with Crippen molar-refractivity contribution in [2.75, 3.05) is 6.26 Å². The number of aliphatic hydroxyl groups is 2. The first kappa shape index (κ1) is 28.5. The Morgan fingerprint density at radius 1 is 1.22 bits per heavy atom. The molecule has 2 rings (SSSR count). The van der Waals surface area contributed by atoms with E-state index >= 15 is 0 Å². The third kappa shape index (κ3) is 7.00. The molecule has 0 radical (unpaired) electrons. The van der Waals surface area contributed by atoms with E-state index in [0.29, 0.717) is 28.1 Å². The summed E-state index contributed by atoms with van der Waals surface area (Å²) in [5.41, 5.74) is 2.67. The van der Waals surface area contributed by atoms with Crippen LogP contribution in [0.5, 0.6) is 0 Å². The first-order chi connectivity index (χ1) is 14.3. The number of carboxylic acid groups (broad SMARTS) is 1. The van der Waals surface area contributed by atoms with Gasteiger partial charge in [-0.3, -0.25) is 0 Å². The van der Waals surface area contributed by atoms with Crippen molar-refractivity contribution in [2.24, 2.45) is 0 Å². The van der Waals surface area contributed by atoms with Crippen molar-refractivity contribution in [3.63, 3.8) is 0 Å². The fourth-order valence-corrected chi connectivity index (χ4v) is 4.93. The molecule has 0 saturated carbocycles. The van der Waals surface area contributed by atoms with Crippen molar-refractivity contribution in [3.8, 4) is 11.1 Å². The summed E-state index contributed by atoms with van der Waals surface area (Å²) in [6.07, 6.45) is 0.744. The molecule has 1 heterocycles. The van der Waals surface area contributed by atoms with Crippen molar-refractivity contribution in [1.82, 2.24) is 3.97 Å². The van der Waals surface area contributed by atoms with E-state index in [1.807, 2.05) is 13.8 Å². The zero-order valence-corrected chi connectivity index (χ0v) is 21.7. The monoisotopic (exact) mass is 475 g/mol. The van der Waals surface area contributed by atoms with Gasteiger partial charge >= 0.3 is 29.6 Å². The minimum absolute atomic E-state index is 0. The second-order valence-electron chi connectivity index (χ2n) is 7.84. The molecule has 0 fully saturated rings. The maximum Gasteiger partial charge on any atom is 1.00 e. The first-order valence-corrected chi connectivity index (χ1v) is 11.6. The third-order valence-corrected chi connectivity index (χ3v) is 5.98. The normalized spacial score (nSPS) is 13.9. The topological polar surface area (TPSA) is 120 Å². The van der Waals surface area contributed by atoms with Crippen molar-refractivity contribution in [3.05, 3.63) is 53.1 Å². The Kier molecular flexibility index (Phi) is 10.3. The van der Waals surface area contributed by atoms with Crippen LogP contribution in [0.1, 0.15) is 49.6 Å². The van der Waals surface area contributed by atoms with Crippen LogP contribution in [0, 0.1) is 12.7 Å². The maximum absolute atomic E-state index is 13.5. The molecule has 0 aliphatic heterocycles. The Morgan fingerprint density at radius 2 is 1.78 bits per heavy atom. The van der Waals surface area contributed by atoms with Gasteiger partial charge < -0.3 is 20.1 Å². The number of carbonyl (C=O) groups is 1. The summed E-state index contributed by atoms with van der Waals surface area (Å²) in [6.45, 7) is 5.33. The van der Waals surface area contributed by atoms with Crippen molar-refractivity contribution in [1.29, 1.82) is 0 Å². The summed E-state index contributed by atoms with van der Waals surface area (Å²) in [6, 6.07) is 5.65. The quantitative estimate of drug-likeness (QED) is 0.440. The number of nitrogens with zero attached hydrogens (tertiary/aromatic N) is 1. The number of hydrogen-bond donors (Lipinski definition) is 2. The second kappa shape index (κ2) is 11.6. The van der Waals surface area contributed by atoms with Gasteiger partial charge in [0.15, 0.2) is 0 Å². The number of aliphatic carboxylic acids is 1. The van der Waals surface area contributed by atoms with Crippen molar-refractivity contribution in [2.45, 2.75) is 51.7 Å². The summed E-state index contributed by atoms with van der Waals surface area (Å²) in [7, 11) is -3.66. The van der Waals surface area contributed by atoms with E-state index < -0.39 is 40.4 Å². The van der Waals surface area contributed by atoms with Gasteiger partial charge in [0.2, 0.25) is 10.0 Å². The molecular formula is C22H27FNNaO6S. The average molecular weight is 476 g/mol. The molecule has 1 aromatic carbocycles. The molecule has 7 nitrogen and oxygen atoms in total. The van der Waals surface area contributed by atoms with Crippen LogP contribution in [0.2, 0.25) is 0 Å². The van der Waals surface area contributed by atoms with Crippen LogP contribution in [0.15, 0.2) is 30.3 Å². The zero-order chi connectivity index (χ0) is 23.5. The number of benzene rings is 1. The molecule has 2 aromatic rings. The number of carboxylic acids is 1. The minimum atomic E-state index is -3.66. The molecule has 0 saturated heterocycles. The molecule has 10 heteroatoms. The molecule has 2 N–H and O–H groups in total.